The first kappa shape index (κ1) is 16.2. The van der Waals surface area contributed by atoms with E-state index in [-0.39, 0.29) is 5.91 Å². The Hall–Kier alpha value is -2.67. The van der Waals surface area contributed by atoms with Crippen LogP contribution in [0.4, 0.5) is 11.6 Å². The minimum Gasteiger partial charge on any atom is -0.384 e. The second-order valence-electron chi connectivity index (χ2n) is 5.74. The molecule has 0 aromatic carbocycles. The van der Waals surface area contributed by atoms with Gasteiger partial charge in [0.25, 0.3) is 5.91 Å². The summed E-state index contributed by atoms with van der Waals surface area (Å²) in [6.07, 6.45) is 3.32. The summed E-state index contributed by atoms with van der Waals surface area (Å²) in [4.78, 5) is 25.0. The Morgan fingerprint density at radius 3 is 2.62 bits per heavy atom. The Balaban J connectivity index is 1.39. The van der Waals surface area contributed by atoms with E-state index in [0.717, 1.165) is 38.5 Å². The summed E-state index contributed by atoms with van der Waals surface area (Å²) < 4.78 is 0. The SMILES string of the molecule is Nc1ccc(C(=O)NCCN2CCN(c3ccccn3)CC2)cn1. The van der Waals surface area contributed by atoms with Crippen molar-refractivity contribution in [3.8, 4) is 0 Å². The van der Waals surface area contributed by atoms with Gasteiger partial charge in [0.2, 0.25) is 0 Å². The zero-order chi connectivity index (χ0) is 16.8. The van der Waals surface area contributed by atoms with Crippen molar-refractivity contribution in [3.05, 3.63) is 48.3 Å². The van der Waals surface area contributed by atoms with E-state index < -0.39 is 0 Å². The molecule has 0 saturated carbocycles. The molecular formula is C17H22N6O. The normalized spacial score (nSPS) is 15.2. The molecule has 0 spiro atoms. The van der Waals surface area contributed by atoms with Gasteiger partial charge in [-0.1, -0.05) is 6.07 Å². The predicted octanol–water partition coefficient (Wildman–Crippen LogP) is 0.611. The lowest BCUT2D eigenvalue weighted by molar-refractivity contribution is 0.0947. The number of carbonyl (C=O) groups excluding carboxylic acids is 1. The van der Waals surface area contributed by atoms with Gasteiger partial charge in [-0.15, -0.1) is 0 Å². The number of nitrogens with zero attached hydrogens (tertiary/aromatic N) is 4. The fraction of sp³-hybridized carbons (Fsp3) is 0.353. The van der Waals surface area contributed by atoms with Gasteiger partial charge in [-0.3, -0.25) is 9.69 Å². The Bertz CT molecular complexity index is 653. The minimum absolute atomic E-state index is 0.116. The summed E-state index contributed by atoms with van der Waals surface area (Å²) in [5.74, 6) is 1.33. The monoisotopic (exact) mass is 326 g/mol. The maximum absolute atomic E-state index is 12.0. The zero-order valence-electron chi connectivity index (χ0n) is 13.6. The van der Waals surface area contributed by atoms with E-state index in [1.54, 1.807) is 12.1 Å². The van der Waals surface area contributed by atoms with Gasteiger partial charge in [-0.25, -0.2) is 9.97 Å². The molecule has 126 valence electrons. The fourth-order valence-electron chi connectivity index (χ4n) is 2.71. The van der Waals surface area contributed by atoms with Crippen LogP contribution in [0.5, 0.6) is 0 Å². The van der Waals surface area contributed by atoms with Crippen LogP contribution in [0.1, 0.15) is 10.4 Å². The van der Waals surface area contributed by atoms with Crippen molar-refractivity contribution >= 4 is 17.5 Å². The van der Waals surface area contributed by atoms with Gasteiger partial charge in [-0.2, -0.15) is 0 Å². The van der Waals surface area contributed by atoms with Gasteiger partial charge in [-0.05, 0) is 24.3 Å². The van der Waals surface area contributed by atoms with Gasteiger partial charge < -0.3 is 16.0 Å². The van der Waals surface area contributed by atoms with Gasteiger partial charge in [0.1, 0.15) is 11.6 Å². The lowest BCUT2D eigenvalue weighted by Crippen LogP contribution is -2.48. The number of amides is 1. The van der Waals surface area contributed by atoms with Crippen molar-refractivity contribution in [2.45, 2.75) is 0 Å². The summed E-state index contributed by atoms with van der Waals surface area (Å²) >= 11 is 0. The molecule has 2 aromatic rings. The lowest BCUT2D eigenvalue weighted by Gasteiger charge is -2.35. The smallest absolute Gasteiger partial charge is 0.252 e. The molecule has 0 unspecified atom stereocenters. The van der Waals surface area contributed by atoms with Gasteiger partial charge in [0.05, 0.1) is 5.56 Å². The second-order valence-corrected chi connectivity index (χ2v) is 5.74. The largest absolute Gasteiger partial charge is 0.384 e. The predicted molar refractivity (Wildman–Crippen MR) is 93.9 cm³/mol. The van der Waals surface area contributed by atoms with E-state index in [1.165, 1.54) is 6.20 Å². The van der Waals surface area contributed by atoms with Crippen molar-refractivity contribution in [1.29, 1.82) is 0 Å². The van der Waals surface area contributed by atoms with E-state index >= 15 is 0 Å². The molecular weight excluding hydrogens is 304 g/mol. The highest BCUT2D eigenvalue weighted by atomic mass is 16.1. The van der Waals surface area contributed by atoms with Crippen molar-refractivity contribution < 1.29 is 4.79 Å². The van der Waals surface area contributed by atoms with E-state index in [1.807, 2.05) is 24.4 Å². The molecule has 0 radical (unpaired) electrons. The molecule has 1 aliphatic heterocycles. The minimum atomic E-state index is -0.116. The lowest BCUT2D eigenvalue weighted by atomic mass is 10.2. The number of nitrogens with one attached hydrogen (secondary N) is 1. The number of pyridine rings is 2. The number of hydrogen-bond acceptors (Lipinski definition) is 6. The van der Waals surface area contributed by atoms with Gasteiger partial charge in [0, 0.05) is 51.7 Å². The number of rotatable bonds is 5. The third-order valence-electron chi connectivity index (χ3n) is 4.11. The Morgan fingerprint density at radius 2 is 1.96 bits per heavy atom. The number of nitrogens with two attached hydrogens (primary N) is 1. The highest BCUT2D eigenvalue weighted by molar-refractivity contribution is 5.93. The van der Waals surface area contributed by atoms with E-state index in [4.69, 9.17) is 5.73 Å². The topological polar surface area (TPSA) is 87.4 Å². The molecule has 1 saturated heterocycles. The summed E-state index contributed by atoms with van der Waals surface area (Å²) in [6, 6.07) is 9.29. The van der Waals surface area contributed by atoms with Crippen LogP contribution in [0.25, 0.3) is 0 Å². The standard InChI is InChI=1S/C17H22N6O/c18-15-5-4-14(13-21-15)17(24)20-7-8-22-9-11-23(12-10-22)16-3-1-2-6-19-16/h1-6,13H,7-12H2,(H2,18,21)(H,20,24). The van der Waals surface area contributed by atoms with Crippen LogP contribution in [0.3, 0.4) is 0 Å². The molecule has 2 aromatic heterocycles. The molecule has 0 atom stereocenters. The molecule has 0 aliphatic carbocycles. The van der Waals surface area contributed by atoms with E-state index in [0.29, 0.717) is 17.9 Å². The number of hydrogen-bond donors (Lipinski definition) is 2. The van der Waals surface area contributed by atoms with Crippen molar-refractivity contribution in [2.24, 2.45) is 0 Å². The molecule has 24 heavy (non-hydrogen) atoms. The van der Waals surface area contributed by atoms with Crippen LogP contribution >= 0.6 is 0 Å². The quantitative estimate of drug-likeness (QED) is 0.837. The number of nitrogen functional groups attached to an aromatic ring is 1. The van der Waals surface area contributed by atoms with Gasteiger partial charge >= 0.3 is 0 Å². The molecule has 3 heterocycles. The van der Waals surface area contributed by atoms with Crippen LogP contribution in [0.15, 0.2) is 42.7 Å². The Kier molecular flexibility index (Phi) is 5.22. The molecule has 7 heteroatoms. The first-order chi connectivity index (χ1) is 11.7. The first-order valence-corrected chi connectivity index (χ1v) is 8.10. The van der Waals surface area contributed by atoms with E-state index in [9.17, 15) is 4.79 Å². The molecule has 3 N–H and O–H groups in total. The van der Waals surface area contributed by atoms with Crippen LogP contribution < -0.4 is 16.0 Å². The maximum Gasteiger partial charge on any atom is 0.252 e. The zero-order valence-corrected chi connectivity index (χ0v) is 13.6. The number of aromatic nitrogens is 2. The highest BCUT2D eigenvalue weighted by Crippen LogP contribution is 2.12. The number of carbonyl (C=O) groups is 1. The summed E-state index contributed by atoms with van der Waals surface area (Å²) in [6.45, 7) is 5.29. The average Bonchev–Trinajstić information content (AvgIpc) is 2.63. The highest BCUT2D eigenvalue weighted by Gasteiger charge is 2.17. The molecule has 7 nitrogen and oxygen atoms in total. The van der Waals surface area contributed by atoms with Crippen LogP contribution in [-0.4, -0.2) is 60.0 Å². The molecule has 0 bridgehead atoms. The van der Waals surface area contributed by atoms with Crippen LogP contribution in [0, 0.1) is 0 Å². The van der Waals surface area contributed by atoms with Gasteiger partial charge in [0.15, 0.2) is 0 Å². The van der Waals surface area contributed by atoms with Crippen LogP contribution in [-0.2, 0) is 0 Å². The fourth-order valence-corrected chi connectivity index (χ4v) is 2.71. The first-order valence-electron chi connectivity index (χ1n) is 8.10. The second kappa shape index (κ2) is 7.74. The third kappa shape index (κ3) is 4.20. The maximum atomic E-state index is 12.0. The van der Waals surface area contributed by atoms with Crippen molar-refractivity contribution in [2.75, 3.05) is 49.9 Å². The van der Waals surface area contributed by atoms with Crippen molar-refractivity contribution in [3.63, 3.8) is 0 Å². The third-order valence-corrected chi connectivity index (χ3v) is 4.11. The molecule has 3 rings (SSSR count). The Morgan fingerprint density at radius 1 is 1.12 bits per heavy atom. The van der Waals surface area contributed by atoms with Crippen molar-refractivity contribution in [1.82, 2.24) is 20.2 Å². The summed E-state index contributed by atoms with van der Waals surface area (Å²) in [5, 5.41) is 2.92. The van der Waals surface area contributed by atoms with E-state index in [2.05, 4.69) is 25.1 Å². The van der Waals surface area contributed by atoms with Crippen LogP contribution in [0.2, 0.25) is 0 Å². The summed E-state index contributed by atoms with van der Waals surface area (Å²) in [7, 11) is 0. The number of piperazine rings is 1. The summed E-state index contributed by atoms with van der Waals surface area (Å²) in [5.41, 5.74) is 6.05. The average molecular weight is 326 g/mol. The molecule has 1 aliphatic rings. The Labute approximate surface area is 141 Å². The molecule has 1 amide bonds. The number of anilines is 2. The molecule has 1 fully saturated rings.